The Morgan fingerprint density at radius 1 is 1.00 bits per heavy atom. The van der Waals surface area contributed by atoms with Gasteiger partial charge >= 0.3 is 5.97 Å². The highest BCUT2D eigenvalue weighted by Crippen LogP contribution is 2.43. The number of carbonyl (C=O) groups excluding carboxylic acids is 1. The number of para-hydroxylation sites is 1. The van der Waals surface area contributed by atoms with Crippen molar-refractivity contribution in [3.63, 3.8) is 0 Å². The van der Waals surface area contributed by atoms with E-state index in [1.807, 2.05) is 80.5 Å². The van der Waals surface area contributed by atoms with Crippen LogP contribution in [0.3, 0.4) is 0 Å². The van der Waals surface area contributed by atoms with Gasteiger partial charge in [0.05, 0.1) is 5.69 Å². The number of rotatable bonds is 5. The molecule has 3 rings (SSSR count). The Hall–Kier alpha value is -3.27. The third kappa shape index (κ3) is 3.95. The van der Waals surface area contributed by atoms with Crippen LogP contribution in [-0.2, 0) is 4.79 Å². The molecule has 0 bridgehead atoms. The number of ether oxygens (including phenoxy) is 2. The highest BCUT2D eigenvalue weighted by atomic mass is 16.5. The Balaban J connectivity index is 2.23. The molecule has 0 atom stereocenters. The highest BCUT2D eigenvalue weighted by molar-refractivity contribution is 6.01. The number of hydrogen-bond donors (Lipinski definition) is 0. The molecule has 0 aromatic heterocycles. The minimum atomic E-state index is -0.447. The summed E-state index contributed by atoms with van der Waals surface area (Å²) in [6.07, 6.45) is 0. The van der Waals surface area contributed by atoms with Crippen molar-refractivity contribution in [1.29, 1.82) is 0 Å². The first-order chi connectivity index (χ1) is 12.9. The average molecular weight is 361 g/mol. The Kier molecular flexibility index (Phi) is 5.17. The summed E-state index contributed by atoms with van der Waals surface area (Å²) < 4.78 is 11.9. The van der Waals surface area contributed by atoms with Gasteiger partial charge in [0, 0.05) is 36.5 Å². The second-order valence-corrected chi connectivity index (χ2v) is 6.75. The summed E-state index contributed by atoms with van der Waals surface area (Å²) in [5.41, 5.74) is 2.20. The van der Waals surface area contributed by atoms with Crippen molar-refractivity contribution in [3.05, 3.63) is 72.3 Å². The van der Waals surface area contributed by atoms with E-state index in [0.29, 0.717) is 17.1 Å². The first-order valence-corrected chi connectivity index (χ1v) is 8.72. The van der Waals surface area contributed by atoms with Crippen molar-refractivity contribution >= 4 is 22.4 Å². The van der Waals surface area contributed by atoms with Crippen molar-refractivity contribution in [2.45, 2.75) is 13.8 Å². The Labute approximate surface area is 159 Å². The third-order valence-electron chi connectivity index (χ3n) is 4.18. The second-order valence-electron chi connectivity index (χ2n) is 6.75. The van der Waals surface area contributed by atoms with E-state index in [9.17, 15) is 4.79 Å². The minimum Gasteiger partial charge on any atom is -0.457 e. The van der Waals surface area contributed by atoms with Crippen LogP contribution in [0.2, 0.25) is 0 Å². The quantitative estimate of drug-likeness (QED) is 0.342. The largest absolute Gasteiger partial charge is 0.457 e. The Bertz CT molecular complexity index is 1010. The van der Waals surface area contributed by atoms with Crippen molar-refractivity contribution < 1.29 is 14.3 Å². The second kappa shape index (κ2) is 7.54. The van der Waals surface area contributed by atoms with E-state index < -0.39 is 5.97 Å². The maximum Gasteiger partial charge on any atom is 0.338 e. The van der Waals surface area contributed by atoms with Gasteiger partial charge in [-0.05, 0) is 32.0 Å². The molecule has 0 aliphatic rings. The third-order valence-corrected chi connectivity index (χ3v) is 4.18. The van der Waals surface area contributed by atoms with Crippen LogP contribution in [0.25, 0.3) is 10.8 Å². The van der Waals surface area contributed by atoms with Gasteiger partial charge in [-0.25, -0.2) is 4.79 Å². The lowest BCUT2D eigenvalue weighted by atomic mass is 10.0. The molecule has 27 heavy (non-hydrogen) atoms. The normalized spacial score (nSPS) is 10.5. The zero-order chi connectivity index (χ0) is 19.6. The number of anilines is 1. The van der Waals surface area contributed by atoms with Crippen LogP contribution in [-0.4, -0.2) is 20.1 Å². The van der Waals surface area contributed by atoms with Crippen LogP contribution in [0.1, 0.15) is 12.5 Å². The number of benzene rings is 3. The summed E-state index contributed by atoms with van der Waals surface area (Å²) in [4.78, 5) is 14.1. The topological polar surface area (TPSA) is 38.8 Å². The molecular weight excluding hydrogens is 338 g/mol. The number of esters is 1. The maximum atomic E-state index is 12.2. The Morgan fingerprint density at radius 2 is 1.70 bits per heavy atom. The highest BCUT2D eigenvalue weighted by Gasteiger charge is 2.19. The van der Waals surface area contributed by atoms with E-state index in [1.54, 1.807) is 6.92 Å². The van der Waals surface area contributed by atoms with Crippen LogP contribution in [0.5, 0.6) is 17.2 Å². The van der Waals surface area contributed by atoms with Gasteiger partial charge in [-0.15, -0.1) is 0 Å². The van der Waals surface area contributed by atoms with Crippen molar-refractivity contribution in [2.75, 3.05) is 19.0 Å². The fourth-order valence-electron chi connectivity index (χ4n) is 2.78. The number of carbonyl (C=O) groups is 1. The molecule has 0 N–H and O–H groups in total. The van der Waals surface area contributed by atoms with E-state index in [4.69, 9.17) is 9.47 Å². The number of fused-ring (bicyclic) bond motifs is 1. The van der Waals surface area contributed by atoms with Gasteiger partial charge in [0.15, 0.2) is 5.75 Å². The van der Waals surface area contributed by atoms with Gasteiger partial charge in [0.1, 0.15) is 11.5 Å². The standard InChI is InChI=1S/C23H23NO3/c1-15(2)23(25)27-22-18-12-11-16(3)13-19(18)21(14-20(22)24(4)5)26-17-9-7-6-8-10-17/h6-14H,1H2,2-5H3. The molecule has 4 nitrogen and oxygen atoms in total. The lowest BCUT2D eigenvalue weighted by Gasteiger charge is -2.21. The molecule has 138 valence electrons. The smallest absolute Gasteiger partial charge is 0.338 e. The molecule has 0 aliphatic carbocycles. The van der Waals surface area contributed by atoms with Gasteiger partial charge in [0.2, 0.25) is 0 Å². The first-order valence-electron chi connectivity index (χ1n) is 8.72. The molecule has 0 radical (unpaired) electrons. The SMILES string of the molecule is C=C(C)C(=O)Oc1c(N(C)C)cc(Oc2ccccc2)c2cc(C)ccc12. The summed E-state index contributed by atoms with van der Waals surface area (Å²) in [5, 5.41) is 1.70. The molecule has 0 heterocycles. The van der Waals surface area contributed by atoms with Gasteiger partial charge in [0.25, 0.3) is 0 Å². The van der Waals surface area contributed by atoms with Gasteiger partial charge < -0.3 is 14.4 Å². The summed E-state index contributed by atoms with van der Waals surface area (Å²) >= 11 is 0. The number of nitrogens with zero attached hydrogens (tertiary/aromatic N) is 1. The van der Waals surface area contributed by atoms with Crippen LogP contribution in [0.15, 0.2) is 66.7 Å². The van der Waals surface area contributed by atoms with E-state index in [1.165, 1.54) is 0 Å². The predicted octanol–water partition coefficient (Wildman–Crippen LogP) is 5.49. The lowest BCUT2D eigenvalue weighted by molar-refractivity contribution is -0.129. The van der Waals surface area contributed by atoms with Crippen molar-refractivity contribution in [3.8, 4) is 17.2 Å². The molecular formula is C23H23NO3. The molecule has 3 aromatic carbocycles. The summed E-state index contributed by atoms with van der Waals surface area (Å²) in [7, 11) is 3.81. The predicted molar refractivity (Wildman–Crippen MR) is 110 cm³/mol. The molecule has 4 heteroatoms. The van der Waals surface area contributed by atoms with Gasteiger partial charge in [-0.3, -0.25) is 0 Å². The van der Waals surface area contributed by atoms with E-state index in [2.05, 4.69) is 6.58 Å². The fraction of sp³-hybridized carbons (Fsp3) is 0.174. The summed E-state index contributed by atoms with van der Waals surface area (Å²) in [5.74, 6) is 1.51. The Morgan fingerprint density at radius 3 is 2.33 bits per heavy atom. The fourth-order valence-corrected chi connectivity index (χ4v) is 2.78. The molecule has 0 aliphatic heterocycles. The first kappa shape index (κ1) is 18.5. The minimum absolute atomic E-state index is 0.351. The van der Waals surface area contributed by atoms with Gasteiger partial charge in [-0.1, -0.05) is 42.5 Å². The average Bonchev–Trinajstić information content (AvgIpc) is 2.63. The zero-order valence-corrected chi connectivity index (χ0v) is 16.1. The van der Waals surface area contributed by atoms with Crippen LogP contribution in [0.4, 0.5) is 5.69 Å². The molecule has 0 saturated carbocycles. The molecule has 0 unspecified atom stereocenters. The van der Waals surface area contributed by atoms with Gasteiger partial charge in [-0.2, -0.15) is 0 Å². The zero-order valence-electron chi connectivity index (χ0n) is 16.1. The van der Waals surface area contributed by atoms with Crippen LogP contribution in [0, 0.1) is 6.92 Å². The number of aryl methyl sites for hydroxylation is 1. The molecule has 0 amide bonds. The van der Waals surface area contributed by atoms with E-state index in [-0.39, 0.29) is 0 Å². The molecule has 0 fully saturated rings. The maximum absolute atomic E-state index is 12.2. The van der Waals surface area contributed by atoms with Crippen molar-refractivity contribution in [2.24, 2.45) is 0 Å². The van der Waals surface area contributed by atoms with E-state index in [0.717, 1.165) is 27.8 Å². The summed E-state index contributed by atoms with van der Waals surface area (Å²) in [6, 6.07) is 17.5. The molecule has 0 saturated heterocycles. The lowest BCUT2D eigenvalue weighted by Crippen LogP contribution is -2.15. The van der Waals surface area contributed by atoms with Crippen molar-refractivity contribution in [1.82, 2.24) is 0 Å². The van der Waals surface area contributed by atoms with Crippen LogP contribution >= 0.6 is 0 Å². The monoisotopic (exact) mass is 361 g/mol. The van der Waals surface area contributed by atoms with Crippen LogP contribution < -0.4 is 14.4 Å². The summed E-state index contributed by atoms with van der Waals surface area (Å²) in [6.45, 7) is 7.34. The number of hydrogen-bond acceptors (Lipinski definition) is 4. The molecule has 0 spiro atoms. The van der Waals surface area contributed by atoms with E-state index >= 15 is 0 Å². The molecule has 3 aromatic rings.